The Labute approximate surface area is 200 Å². The van der Waals surface area contributed by atoms with E-state index < -0.39 is 17.8 Å². The molecule has 0 aliphatic heterocycles. The monoisotopic (exact) mass is 471 g/mol. The Morgan fingerprint density at radius 1 is 0.771 bits per heavy atom. The lowest BCUT2D eigenvalue weighted by Gasteiger charge is -2.10. The standard InChI is InChI=1S/C27H21NO7/c1-15-4-9-23-21(10-15)22(29)14-24(35-23)16-5-7-17(8-6-16)25(30)28-20-12-18(26(31)33-2)11-19(13-20)27(32)34-3/h4-14H,1-3H3,(H,28,30). The van der Waals surface area contributed by atoms with Gasteiger partial charge in [-0.25, -0.2) is 9.59 Å². The minimum atomic E-state index is -0.664. The number of carbonyl (C=O) groups is 3. The first-order valence-electron chi connectivity index (χ1n) is 10.6. The van der Waals surface area contributed by atoms with E-state index in [1.165, 1.54) is 38.5 Å². The summed E-state index contributed by atoms with van der Waals surface area (Å²) in [6.45, 7) is 1.90. The highest BCUT2D eigenvalue weighted by molar-refractivity contribution is 6.06. The molecule has 176 valence electrons. The number of aryl methyl sites for hydroxylation is 1. The van der Waals surface area contributed by atoms with Crippen molar-refractivity contribution in [1.82, 2.24) is 0 Å². The fourth-order valence-corrected chi connectivity index (χ4v) is 3.57. The number of methoxy groups -OCH3 is 2. The van der Waals surface area contributed by atoms with Crippen molar-refractivity contribution in [3.63, 3.8) is 0 Å². The third-order valence-electron chi connectivity index (χ3n) is 5.35. The lowest BCUT2D eigenvalue weighted by Crippen LogP contribution is -2.14. The van der Waals surface area contributed by atoms with Gasteiger partial charge in [-0.05, 0) is 49.4 Å². The van der Waals surface area contributed by atoms with E-state index in [1.807, 2.05) is 13.0 Å². The number of hydrogen-bond donors (Lipinski definition) is 1. The van der Waals surface area contributed by atoms with Crippen molar-refractivity contribution in [1.29, 1.82) is 0 Å². The first kappa shape index (κ1) is 23.4. The van der Waals surface area contributed by atoms with Gasteiger partial charge in [0.05, 0.1) is 30.7 Å². The molecular formula is C27H21NO7. The van der Waals surface area contributed by atoms with Crippen LogP contribution in [0, 0.1) is 6.92 Å². The number of nitrogens with one attached hydrogen (secondary N) is 1. The molecule has 4 rings (SSSR count). The Hall–Kier alpha value is -4.72. The van der Waals surface area contributed by atoms with Crippen LogP contribution >= 0.6 is 0 Å². The molecule has 4 aromatic rings. The first-order valence-corrected chi connectivity index (χ1v) is 10.6. The maximum absolute atomic E-state index is 12.8. The highest BCUT2D eigenvalue weighted by Gasteiger charge is 2.16. The van der Waals surface area contributed by atoms with Crippen LogP contribution in [0.5, 0.6) is 0 Å². The molecule has 0 unspecified atom stereocenters. The van der Waals surface area contributed by atoms with Gasteiger partial charge in [0.25, 0.3) is 5.91 Å². The summed E-state index contributed by atoms with van der Waals surface area (Å²) in [4.78, 5) is 49.2. The van der Waals surface area contributed by atoms with Crippen LogP contribution in [-0.2, 0) is 9.47 Å². The molecule has 0 aliphatic rings. The Balaban J connectivity index is 1.60. The number of rotatable bonds is 5. The smallest absolute Gasteiger partial charge is 0.337 e. The van der Waals surface area contributed by atoms with Crippen LogP contribution in [-0.4, -0.2) is 32.1 Å². The van der Waals surface area contributed by atoms with Gasteiger partial charge >= 0.3 is 11.9 Å². The van der Waals surface area contributed by atoms with E-state index in [-0.39, 0.29) is 22.2 Å². The van der Waals surface area contributed by atoms with Crippen molar-refractivity contribution in [2.24, 2.45) is 0 Å². The van der Waals surface area contributed by atoms with E-state index in [0.717, 1.165) is 5.56 Å². The summed E-state index contributed by atoms with van der Waals surface area (Å²) in [6.07, 6.45) is 0. The minimum Gasteiger partial charge on any atom is -0.465 e. The molecule has 8 heteroatoms. The van der Waals surface area contributed by atoms with Crippen molar-refractivity contribution in [2.75, 3.05) is 19.5 Å². The summed E-state index contributed by atoms with van der Waals surface area (Å²) >= 11 is 0. The highest BCUT2D eigenvalue weighted by atomic mass is 16.5. The number of amides is 1. The molecule has 1 heterocycles. The molecule has 1 amide bonds. The summed E-state index contributed by atoms with van der Waals surface area (Å²) in [5.41, 5.74) is 2.62. The third-order valence-corrected chi connectivity index (χ3v) is 5.35. The molecule has 0 radical (unpaired) electrons. The lowest BCUT2D eigenvalue weighted by molar-refractivity contribution is 0.0599. The molecule has 0 saturated carbocycles. The molecule has 0 bridgehead atoms. The quantitative estimate of drug-likeness (QED) is 0.424. The molecule has 1 N–H and O–H groups in total. The van der Waals surface area contributed by atoms with Gasteiger partial charge in [-0.1, -0.05) is 23.8 Å². The molecule has 0 saturated heterocycles. The minimum absolute atomic E-state index is 0.0857. The Morgan fingerprint density at radius 2 is 1.40 bits per heavy atom. The van der Waals surface area contributed by atoms with Gasteiger partial charge in [0.15, 0.2) is 5.43 Å². The number of carbonyl (C=O) groups excluding carboxylic acids is 3. The summed E-state index contributed by atoms with van der Waals surface area (Å²) in [5.74, 6) is -1.41. The number of ether oxygens (including phenoxy) is 2. The van der Waals surface area contributed by atoms with Crippen molar-refractivity contribution >= 4 is 34.5 Å². The van der Waals surface area contributed by atoms with Gasteiger partial charge in [-0.3, -0.25) is 9.59 Å². The van der Waals surface area contributed by atoms with E-state index in [0.29, 0.717) is 27.9 Å². The topological polar surface area (TPSA) is 112 Å². The molecular weight excluding hydrogens is 450 g/mol. The fourth-order valence-electron chi connectivity index (χ4n) is 3.57. The molecule has 0 aliphatic carbocycles. The molecule has 0 fully saturated rings. The van der Waals surface area contributed by atoms with Crippen molar-refractivity contribution in [3.05, 3.63) is 99.2 Å². The number of anilines is 1. The van der Waals surface area contributed by atoms with Crippen LogP contribution in [0.2, 0.25) is 0 Å². The average molecular weight is 471 g/mol. The van der Waals surface area contributed by atoms with E-state index in [4.69, 9.17) is 13.9 Å². The third kappa shape index (κ3) is 4.96. The maximum atomic E-state index is 12.8. The second-order valence-corrected chi connectivity index (χ2v) is 7.79. The zero-order chi connectivity index (χ0) is 25.1. The van der Waals surface area contributed by atoms with Crippen LogP contribution in [0.4, 0.5) is 5.69 Å². The van der Waals surface area contributed by atoms with E-state index in [9.17, 15) is 19.2 Å². The van der Waals surface area contributed by atoms with E-state index in [2.05, 4.69) is 5.32 Å². The van der Waals surface area contributed by atoms with Gasteiger partial charge in [0.2, 0.25) is 0 Å². The molecule has 35 heavy (non-hydrogen) atoms. The van der Waals surface area contributed by atoms with Crippen LogP contribution in [0.1, 0.15) is 36.6 Å². The Bertz CT molecular complexity index is 1480. The zero-order valence-electron chi connectivity index (χ0n) is 19.2. The molecule has 8 nitrogen and oxygen atoms in total. The summed E-state index contributed by atoms with van der Waals surface area (Å²) < 4.78 is 15.3. The predicted molar refractivity (Wildman–Crippen MR) is 130 cm³/mol. The van der Waals surface area contributed by atoms with Crippen LogP contribution in [0.15, 0.2) is 75.9 Å². The second-order valence-electron chi connectivity index (χ2n) is 7.79. The molecule has 1 aromatic heterocycles. The van der Waals surface area contributed by atoms with Crippen molar-refractivity contribution in [2.45, 2.75) is 6.92 Å². The number of fused-ring (bicyclic) bond motifs is 1. The number of hydrogen-bond acceptors (Lipinski definition) is 7. The van der Waals surface area contributed by atoms with Gasteiger partial charge in [-0.15, -0.1) is 0 Å². The zero-order valence-corrected chi connectivity index (χ0v) is 19.2. The average Bonchev–Trinajstić information content (AvgIpc) is 2.87. The summed E-state index contributed by atoms with van der Waals surface area (Å²) in [7, 11) is 2.43. The van der Waals surface area contributed by atoms with Crippen LogP contribution < -0.4 is 10.7 Å². The summed E-state index contributed by atoms with van der Waals surface area (Å²) in [5, 5.41) is 3.17. The van der Waals surface area contributed by atoms with Crippen LogP contribution in [0.25, 0.3) is 22.3 Å². The van der Waals surface area contributed by atoms with E-state index in [1.54, 1.807) is 36.4 Å². The summed E-state index contributed by atoms with van der Waals surface area (Å²) in [6, 6.07) is 17.4. The van der Waals surface area contributed by atoms with Gasteiger partial charge in [-0.2, -0.15) is 0 Å². The Kier molecular flexibility index (Phi) is 6.46. The maximum Gasteiger partial charge on any atom is 0.337 e. The van der Waals surface area contributed by atoms with Crippen molar-refractivity contribution < 1.29 is 28.3 Å². The molecule has 3 aromatic carbocycles. The van der Waals surface area contributed by atoms with Gasteiger partial charge < -0.3 is 19.2 Å². The largest absolute Gasteiger partial charge is 0.465 e. The number of esters is 2. The van der Waals surface area contributed by atoms with Crippen molar-refractivity contribution in [3.8, 4) is 11.3 Å². The highest BCUT2D eigenvalue weighted by Crippen LogP contribution is 2.24. The second kappa shape index (κ2) is 9.64. The van der Waals surface area contributed by atoms with Gasteiger partial charge in [0, 0.05) is 22.9 Å². The predicted octanol–water partition coefficient (Wildman–Crippen LogP) is 4.59. The molecule has 0 spiro atoms. The fraction of sp³-hybridized carbons (Fsp3) is 0.111. The SMILES string of the molecule is COC(=O)c1cc(NC(=O)c2ccc(-c3cc(=O)c4cc(C)ccc4o3)cc2)cc(C(=O)OC)c1. The Morgan fingerprint density at radius 3 is 2.00 bits per heavy atom. The van der Waals surface area contributed by atoms with Crippen LogP contribution in [0.3, 0.4) is 0 Å². The lowest BCUT2D eigenvalue weighted by atomic mass is 10.1. The number of benzene rings is 3. The first-order chi connectivity index (χ1) is 16.8. The van der Waals surface area contributed by atoms with E-state index >= 15 is 0 Å². The normalized spacial score (nSPS) is 10.6. The molecule has 0 atom stereocenters. The van der Waals surface area contributed by atoms with Gasteiger partial charge in [0.1, 0.15) is 11.3 Å².